The Kier molecular flexibility index (Phi) is 9.39. The molecule has 0 saturated carbocycles. The van der Waals surface area contributed by atoms with E-state index < -0.39 is 0 Å². The van der Waals surface area contributed by atoms with Crippen molar-refractivity contribution < 1.29 is 0 Å². The molecule has 0 saturated heterocycles. The summed E-state index contributed by atoms with van der Waals surface area (Å²) in [4.78, 5) is 0. The van der Waals surface area contributed by atoms with Crippen molar-refractivity contribution in [3.05, 3.63) is 0 Å². The topological polar surface area (TPSA) is 36.2 Å². The molecule has 0 amide bonds. The number of hydrogen-bond acceptors (Lipinski definition) is 2. The maximum atomic E-state index is 7.00. The number of unbranched alkanes of at least 4 members (excludes halogenated alkanes) is 4. The highest BCUT2D eigenvalue weighted by Crippen LogP contribution is 2.12. The van der Waals surface area contributed by atoms with Gasteiger partial charge in [-0.05, 0) is 12.8 Å². The van der Waals surface area contributed by atoms with Crippen molar-refractivity contribution >= 4 is 0 Å². The van der Waals surface area contributed by atoms with Gasteiger partial charge >= 0.3 is 0 Å². The summed E-state index contributed by atoms with van der Waals surface area (Å²) in [6.07, 6.45) is 9.97. The van der Waals surface area contributed by atoms with Crippen molar-refractivity contribution in [2.75, 3.05) is 0 Å². The van der Waals surface area contributed by atoms with Gasteiger partial charge in [0.15, 0.2) is 0 Å². The highest BCUT2D eigenvalue weighted by atomic mass is 15.0. The van der Waals surface area contributed by atoms with Gasteiger partial charge in [-0.25, -0.2) is 5.53 Å². The first kappa shape index (κ1) is 12.6. The Hall–Kier alpha value is -0.400. The predicted octanol–water partition coefficient (Wildman–Crippen LogP) is 4.55. The number of rotatable bonds is 9. The highest BCUT2D eigenvalue weighted by Gasteiger charge is 2.03. The molecule has 0 aromatic rings. The summed E-state index contributed by atoms with van der Waals surface area (Å²) >= 11 is 0. The van der Waals surface area contributed by atoms with Gasteiger partial charge in [0.05, 0.1) is 6.04 Å². The average Bonchev–Trinajstić information content (AvgIpc) is 2.16. The SMILES string of the molecule is CCCCCCCC(CCC)N=N. The van der Waals surface area contributed by atoms with Gasteiger partial charge in [-0.3, -0.25) is 0 Å². The summed E-state index contributed by atoms with van der Waals surface area (Å²) in [6.45, 7) is 4.40. The molecule has 0 aromatic heterocycles. The number of nitrogens with zero attached hydrogens (tertiary/aromatic N) is 1. The lowest BCUT2D eigenvalue weighted by molar-refractivity contribution is 0.492. The molecule has 2 heteroatoms. The van der Waals surface area contributed by atoms with Crippen molar-refractivity contribution in [2.45, 2.75) is 71.3 Å². The molecule has 0 spiro atoms. The fraction of sp³-hybridized carbons (Fsp3) is 1.00. The Morgan fingerprint density at radius 2 is 1.62 bits per heavy atom. The van der Waals surface area contributed by atoms with Gasteiger partial charge < -0.3 is 0 Å². The van der Waals surface area contributed by atoms with Crippen molar-refractivity contribution in [1.82, 2.24) is 0 Å². The Bertz CT molecular complexity index is 113. The minimum atomic E-state index is 0.312. The molecule has 2 nitrogen and oxygen atoms in total. The van der Waals surface area contributed by atoms with Crippen LogP contribution in [-0.4, -0.2) is 6.04 Å². The minimum Gasteiger partial charge on any atom is -0.210 e. The smallest absolute Gasteiger partial charge is 0.0705 e. The third kappa shape index (κ3) is 7.94. The summed E-state index contributed by atoms with van der Waals surface area (Å²) in [5, 5.41) is 3.65. The molecular formula is C11H24N2. The Balaban J connectivity index is 3.22. The van der Waals surface area contributed by atoms with Crippen molar-refractivity contribution in [3.8, 4) is 0 Å². The molecule has 78 valence electrons. The van der Waals surface area contributed by atoms with Gasteiger partial charge in [0.2, 0.25) is 0 Å². The van der Waals surface area contributed by atoms with Crippen LogP contribution in [0.15, 0.2) is 5.11 Å². The van der Waals surface area contributed by atoms with E-state index in [0.717, 1.165) is 19.3 Å². The molecule has 1 unspecified atom stereocenters. The predicted molar refractivity (Wildman–Crippen MR) is 57.2 cm³/mol. The summed E-state index contributed by atoms with van der Waals surface area (Å²) in [7, 11) is 0. The van der Waals surface area contributed by atoms with Gasteiger partial charge in [0, 0.05) is 0 Å². The van der Waals surface area contributed by atoms with Crippen LogP contribution in [0.3, 0.4) is 0 Å². The first-order chi connectivity index (χ1) is 6.35. The standard InChI is InChI=1S/C11H24N2/c1-3-5-6-7-8-10-11(13-12)9-4-2/h11-12H,3-10H2,1-2H3. The fourth-order valence-electron chi connectivity index (χ4n) is 1.59. The van der Waals surface area contributed by atoms with Crippen LogP contribution in [0, 0.1) is 5.53 Å². The second-order valence-electron chi connectivity index (χ2n) is 3.77. The molecule has 0 bridgehead atoms. The van der Waals surface area contributed by atoms with E-state index in [1.54, 1.807) is 0 Å². The Labute approximate surface area is 82.6 Å². The zero-order valence-electron chi connectivity index (χ0n) is 9.18. The van der Waals surface area contributed by atoms with E-state index >= 15 is 0 Å². The molecule has 1 atom stereocenters. The summed E-state index contributed by atoms with van der Waals surface area (Å²) < 4.78 is 0. The second kappa shape index (κ2) is 9.69. The molecule has 0 radical (unpaired) electrons. The van der Waals surface area contributed by atoms with Crippen LogP contribution < -0.4 is 0 Å². The molecule has 0 aromatic carbocycles. The van der Waals surface area contributed by atoms with E-state index in [0.29, 0.717) is 6.04 Å². The lowest BCUT2D eigenvalue weighted by Gasteiger charge is -2.08. The van der Waals surface area contributed by atoms with E-state index in [1.165, 1.54) is 32.1 Å². The fourth-order valence-corrected chi connectivity index (χ4v) is 1.59. The summed E-state index contributed by atoms with van der Waals surface area (Å²) in [6, 6.07) is 0.312. The van der Waals surface area contributed by atoms with Gasteiger partial charge in [-0.15, -0.1) is 0 Å². The highest BCUT2D eigenvalue weighted by molar-refractivity contribution is 4.62. The first-order valence-corrected chi connectivity index (χ1v) is 5.71. The van der Waals surface area contributed by atoms with Crippen LogP contribution in [-0.2, 0) is 0 Å². The van der Waals surface area contributed by atoms with Gasteiger partial charge in [-0.2, -0.15) is 5.11 Å². The van der Waals surface area contributed by atoms with E-state index in [9.17, 15) is 0 Å². The number of hydrogen-bond donors (Lipinski definition) is 1. The normalized spacial score (nSPS) is 12.8. The molecular weight excluding hydrogens is 160 g/mol. The van der Waals surface area contributed by atoms with Crippen LogP contribution >= 0.6 is 0 Å². The van der Waals surface area contributed by atoms with E-state index in [4.69, 9.17) is 5.53 Å². The van der Waals surface area contributed by atoms with Crippen LogP contribution in [0.4, 0.5) is 0 Å². The molecule has 1 N–H and O–H groups in total. The van der Waals surface area contributed by atoms with Crippen molar-refractivity contribution in [3.63, 3.8) is 0 Å². The van der Waals surface area contributed by atoms with E-state index in [1.807, 2.05) is 0 Å². The van der Waals surface area contributed by atoms with Gasteiger partial charge in [0.1, 0.15) is 0 Å². The van der Waals surface area contributed by atoms with Crippen LogP contribution in [0.25, 0.3) is 0 Å². The van der Waals surface area contributed by atoms with Crippen LogP contribution in [0.1, 0.15) is 65.2 Å². The maximum Gasteiger partial charge on any atom is 0.0705 e. The van der Waals surface area contributed by atoms with Crippen molar-refractivity contribution in [2.24, 2.45) is 5.11 Å². The average molecular weight is 184 g/mol. The van der Waals surface area contributed by atoms with Crippen LogP contribution in [0.2, 0.25) is 0 Å². The second-order valence-corrected chi connectivity index (χ2v) is 3.77. The minimum absolute atomic E-state index is 0.312. The molecule has 0 aliphatic heterocycles. The largest absolute Gasteiger partial charge is 0.210 e. The third-order valence-electron chi connectivity index (χ3n) is 2.45. The molecule has 0 aliphatic rings. The summed E-state index contributed by atoms with van der Waals surface area (Å²) in [5.74, 6) is 0. The van der Waals surface area contributed by atoms with E-state index in [2.05, 4.69) is 19.0 Å². The zero-order valence-corrected chi connectivity index (χ0v) is 9.18. The first-order valence-electron chi connectivity index (χ1n) is 5.71. The van der Waals surface area contributed by atoms with Crippen LogP contribution in [0.5, 0.6) is 0 Å². The molecule has 0 rings (SSSR count). The maximum absolute atomic E-state index is 7.00. The lowest BCUT2D eigenvalue weighted by Crippen LogP contribution is -2.02. The molecule has 0 aliphatic carbocycles. The van der Waals surface area contributed by atoms with Gasteiger partial charge in [0.25, 0.3) is 0 Å². The molecule has 0 fully saturated rings. The lowest BCUT2D eigenvalue weighted by atomic mass is 10.0. The van der Waals surface area contributed by atoms with E-state index in [-0.39, 0.29) is 0 Å². The van der Waals surface area contributed by atoms with Gasteiger partial charge in [-0.1, -0.05) is 52.4 Å². The monoisotopic (exact) mass is 184 g/mol. The van der Waals surface area contributed by atoms with Crippen molar-refractivity contribution in [1.29, 1.82) is 5.53 Å². The third-order valence-corrected chi connectivity index (χ3v) is 2.45. The molecule has 13 heavy (non-hydrogen) atoms. The summed E-state index contributed by atoms with van der Waals surface area (Å²) in [5.41, 5.74) is 7.00. The number of nitrogens with one attached hydrogen (secondary N) is 1. The quantitative estimate of drug-likeness (QED) is 0.403. The Morgan fingerprint density at radius 3 is 2.15 bits per heavy atom. The molecule has 0 heterocycles. The zero-order chi connectivity index (χ0) is 9.94. The Morgan fingerprint density at radius 1 is 0.923 bits per heavy atom.